The molecule has 0 aliphatic carbocycles. The zero-order chi connectivity index (χ0) is 11.6. The number of hydrogen-bond donors (Lipinski definition) is 2. The van der Waals surface area contributed by atoms with Gasteiger partial charge in [-0.2, -0.15) is 0 Å². The standard InChI is InChI=1S/C10H17NO4/c1-3-6(2)9(10(14)15)11-5-7(12)4-8(11)13/h6-7,9,12H,3-5H2,1-2H3,(H,14,15)/t6-,7?,9-/m0/s1. The first-order valence-electron chi connectivity index (χ1n) is 5.17. The van der Waals surface area contributed by atoms with E-state index < -0.39 is 18.1 Å². The van der Waals surface area contributed by atoms with Crippen molar-refractivity contribution in [3.8, 4) is 0 Å². The van der Waals surface area contributed by atoms with Gasteiger partial charge in [-0.05, 0) is 5.92 Å². The van der Waals surface area contributed by atoms with Gasteiger partial charge in [0.2, 0.25) is 5.91 Å². The molecule has 3 atom stereocenters. The van der Waals surface area contributed by atoms with E-state index in [-0.39, 0.29) is 24.8 Å². The highest BCUT2D eigenvalue weighted by molar-refractivity contribution is 5.85. The normalized spacial score (nSPS) is 25.4. The summed E-state index contributed by atoms with van der Waals surface area (Å²) in [7, 11) is 0. The Bertz CT molecular complexity index is 266. The van der Waals surface area contributed by atoms with Crippen LogP contribution < -0.4 is 0 Å². The molecule has 5 heteroatoms. The predicted molar refractivity (Wildman–Crippen MR) is 53.2 cm³/mol. The number of aliphatic carboxylic acids is 1. The van der Waals surface area contributed by atoms with Gasteiger partial charge in [-0.25, -0.2) is 4.79 Å². The van der Waals surface area contributed by atoms with Crippen molar-refractivity contribution in [2.24, 2.45) is 5.92 Å². The molecule has 5 nitrogen and oxygen atoms in total. The zero-order valence-electron chi connectivity index (χ0n) is 9.01. The molecular weight excluding hydrogens is 198 g/mol. The summed E-state index contributed by atoms with van der Waals surface area (Å²) < 4.78 is 0. The van der Waals surface area contributed by atoms with Gasteiger partial charge in [-0.15, -0.1) is 0 Å². The quantitative estimate of drug-likeness (QED) is 0.696. The van der Waals surface area contributed by atoms with Crippen LogP contribution in [-0.4, -0.2) is 45.7 Å². The van der Waals surface area contributed by atoms with Gasteiger partial charge in [-0.3, -0.25) is 4.79 Å². The van der Waals surface area contributed by atoms with Gasteiger partial charge in [0.1, 0.15) is 6.04 Å². The van der Waals surface area contributed by atoms with E-state index in [1.165, 1.54) is 4.90 Å². The first-order chi connectivity index (χ1) is 6.97. The second-order valence-corrected chi connectivity index (χ2v) is 4.07. The molecule has 0 aromatic rings. The first-order valence-corrected chi connectivity index (χ1v) is 5.17. The second kappa shape index (κ2) is 4.61. The number of carbonyl (C=O) groups is 2. The molecule has 15 heavy (non-hydrogen) atoms. The number of rotatable bonds is 4. The fraction of sp³-hybridized carbons (Fsp3) is 0.800. The molecule has 0 aromatic heterocycles. The monoisotopic (exact) mass is 215 g/mol. The Kier molecular flexibility index (Phi) is 3.68. The molecule has 1 saturated heterocycles. The topological polar surface area (TPSA) is 77.8 Å². The van der Waals surface area contributed by atoms with Crippen LogP contribution in [0.5, 0.6) is 0 Å². The van der Waals surface area contributed by atoms with Crippen LogP contribution in [0.2, 0.25) is 0 Å². The Balaban J connectivity index is 2.81. The number of carboxylic acids is 1. The maximum Gasteiger partial charge on any atom is 0.326 e. The number of nitrogens with zero attached hydrogens (tertiary/aromatic N) is 1. The Morgan fingerprint density at radius 2 is 2.27 bits per heavy atom. The van der Waals surface area contributed by atoms with E-state index in [0.717, 1.165) is 0 Å². The zero-order valence-corrected chi connectivity index (χ0v) is 9.01. The lowest BCUT2D eigenvalue weighted by Crippen LogP contribution is -2.46. The predicted octanol–water partition coefficient (Wildman–Crippen LogP) is 0.0789. The van der Waals surface area contributed by atoms with E-state index in [9.17, 15) is 14.7 Å². The van der Waals surface area contributed by atoms with Crippen LogP contribution in [0.1, 0.15) is 26.7 Å². The van der Waals surface area contributed by atoms with E-state index in [2.05, 4.69) is 0 Å². The number of hydrogen-bond acceptors (Lipinski definition) is 3. The molecule has 0 aromatic carbocycles. The minimum Gasteiger partial charge on any atom is -0.480 e. The number of amides is 1. The lowest BCUT2D eigenvalue weighted by molar-refractivity contribution is -0.150. The fourth-order valence-electron chi connectivity index (χ4n) is 1.89. The van der Waals surface area contributed by atoms with Crippen molar-refractivity contribution in [1.82, 2.24) is 4.90 Å². The van der Waals surface area contributed by atoms with E-state index in [1.807, 2.05) is 6.92 Å². The molecular formula is C10H17NO4. The summed E-state index contributed by atoms with van der Waals surface area (Å²) in [6, 6.07) is -0.806. The van der Waals surface area contributed by atoms with Gasteiger partial charge in [0.15, 0.2) is 0 Å². The van der Waals surface area contributed by atoms with Gasteiger partial charge < -0.3 is 15.1 Å². The highest BCUT2D eigenvalue weighted by atomic mass is 16.4. The lowest BCUT2D eigenvalue weighted by atomic mass is 9.98. The summed E-state index contributed by atoms with van der Waals surface area (Å²) in [6.45, 7) is 3.83. The average molecular weight is 215 g/mol. The molecule has 1 fully saturated rings. The average Bonchev–Trinajstić information content (AvgIpc) is 2.45. The summed E-state index contributed by atoms with van der Waals surface area (Å²) >= 11 is 0. The van der Waals surface area contributed by atoms with Crippen molar-refractivity contribution < 1.29 is 19.8 Å². The summed E-state index contributed by atoms with van der Waals surface area (Å²) in [5, 5.41) is 18.4. The van der Waals surface area contributed by atoms with Crippen molar-refractivity contribution >= 4 is 11.9 Å². The molecule has 0 bridgehead atoms. The maximum absolute atomic E-state index is 11.5. The molecule has 0 saturated carbocycles. The molecule has 0 spiro atoms. The molecule has 1 amide bonds. The third kappa shape index (κ3) is 2.47. The van der Waals surface area contributed by atoms with E-state index >= 15 is 0 Å². The van der Waals surface area contributed by atoms with Crippen LogP contribution in [0.25, 0.3) is 0 Å². The minimum atomic E-state index is -0.994. The molecule has 1 heterocycles. The molecule has 1 aliphatic rings. The van der Waals surface area contributed by atoms with Crippen molar-refractivity contribution in [3.05, 3.63) is 0 Å². The molecule has 1 rings (SSSR count). The number of β-amino-alcohol motifs (C(OH)–C–C–N with tert-alkyl or cyclic N) is 1. The van der Waals surface area contributed by atoms with Crippen molar-refractivity contribution in [2.75, 3.05) is 6.54 Å². The minimum absolute atomic E-state index is 0.0419. The number of carbonyl (C=O) groups excluding carboxylic acids is 1. The maximum atomic E-state index is 11.5. The van der Waals surface area contributed by atoms with Crippen LogP contribution in [0.3, 0.4) is 0 Å². The summed E-state index contributed by atoms with van der Waals surface area (Å²) in [6.07, 6.45) is 0.0141. The lowest BCUT2D eigenvalue weighted by Gasteiger charge is -2.28. The van der Waals surface area contributed by atoms with Gasteiger partial charge in [-0.1, -0.05) is 20.3 Å². The van der Waals surface area contributed by atoms with Crippen molar-refractivity contribution in [1.29, 1.82) is 0 Å². The molecule has 86 valence electrons. The van der Waals surface area contributed by atoms with E-state index in [1.54, 1.807) is 6.92 Å². The fourth-order valence-corrected chi connectivity index (χ4v) is 1.89. The van der Waals surface area contributed by atoms with Crippen LogP contribution in [0.15, 0.2) is 0 Å². The van der Waals surface area contributed by atoms with Crippen LogP contribution in [-0.2, 0) is 9.59 Å². The first kappa shape index (κ1) is 12.0. The number of aliphatic hydroxyl groups excluding tert-OH is 1. The van der Waals surface area contributed by atoms with Gasteiger partial charge >= 0.3 is 5.97 Å². The van der Waals surface area contributed by atoms with Crippen molar-refractivity contribution in [3.63, 3.8) is 0 Å². The number of carboxylic acid groups (broad SMARTS) is 1. The van der Waals surface area contributed by atoms with Gasteiger partial charge in [0, 0.05) is 6.54 Å². The smallest absolute Gasteiger partial charge is 0.326 e. The molecule has 1 aliphatic heterocycles. The second-order valence-electron chi connectivity index (χ2n) is 4.07. The SMILES string of the molecule is CC[C@H](C)[C@@H](C(=O)O)N1CC(O)CC1=O. The van der Waals surface area contributed by atoms with E-state index in [0.29, 0.717) is 6.42 Å². The van der Waals surface area contributed by atoms with Crippen LogP contribution in [0.4, 0.5) is 0 Å². The Labute approximate surface area is 88.7 Å². The summed E-state index contributed by atoms with van der Waals surface area (Å²) in [5.74, 6) is -1.36. The van der Waals surface area contributed by atoms with Gasteiger partial charge in [0.25, 0.3) is 0 Å². The number of aliphatic hydroxyl groups is 1. The summed E-state index contributed by atoms with van der Waals surface area (Å²) in [4.78, 5) is 23.8. The van der Waals surface area contributed by atoms with Crippen molar-refractivity contribution in [2.45, 2.75) is 38.8 Å². The van der Waals surface area contributed by atoms with Gasteiger partial charge in [0.05, 0.1) is 12.5 Å². The van der Waals surface area contributed by atoms with Crippen LogP contribution >= 0.6 is 0 Å². The van der Waals surface area contributed by atoms with Crippen LogP contribution in [0, 0.1) is 5.92 Å². The molecule has 2 N–H and O–H groups in total. The third-order valence-electron chi connectivity index (χ3n) is 2.91. The highest BCUT2D eigenvalue weighted by Gasteiger charge is 2.39. The highest BCUT2D eigenvalue weighted by Crippen LogP contribution is 2.21. The molecule has 0 radical (unpaired) electrons. The van der Waals surface area contributed by atoms with E-state index in [4.69, 9.17) is 5.11 Å². The Morgan fingerprint density at radius 1 is 1.67 bits per heavy atom. The Morgan fingerprint density at radius 3 is 2.60 bits per heavy atom. The Hall–Kier alpha value is -1.10. The molecule has 1 unspecified atom stereocenters. The summed E-state index contributed by atoms with van der Waals surface area (Å²) in [5.41, 5.74) is 0. The number of likely N-dealkylation sites (tertiary alicyclic amines) is 1. The third-order valence-corrected chi connectivity index (χ3v) is 2.91. The largest absolute Gasteiger partial charge is 0.480 e.